The minimum absolute atomic E-state index is 0.0554. The van der Waals surface area contributed by atoms with Gasteiger partial charge in [-0.3, -0.25) is 0 Å². The van der Waals surface area contributed by atoms with Crippen LogP contribution in [0, 0.1) is 3.57 Å². The second-order valence-electron chi connectivity index (χ2n) is 5.92. The molecule has 0 amide bonds. The molecule has 0 radical (unpaired) electrons. The first kappa shape index (κ1) is 15.4. The lowest BCUT2D eigenvalue weighted by atomic mass is 9.84. The first-order valence-electron chi connectivity index (χ1n) is 7.73. The second kappa shape index (κ2) is 7.15. The standard InChI is InChI=1S/C19H20ClI/c20-19(17-7-4-8-18(21)13-17)16-11-9-15(10-12-16)14-5-2-1-3-6-14/h4,7-14,19H,1-3,5-6H2. The third-order valence-corrected chi connectivity index (χ3v) is 5.62. The van der Waals surface area contributed by atoms with Crippen LogP contribution < -0.4 is 0 Å². The molecule has 0 saturated heterocycles. The molecule has 0 aromatic heterocycles. The molecule has 1 fully saturated rings. The van der Waals surface area contributed by atoms with E-state index in [-0.39, 0.29) is 5.38 Å². The Hall–Kier alpha value is -0.540. The summed E-state index contributed by atoms with van der Waals surface area (Å²) >= 11 is 8.97. The van der Waals surface area contributed by atoms with Gasteiger partial charge in [0.25, 0.3) is 0 Å². The lowest BCUT2D eigenvalue weighted by molar-refractivity contribution is 0.443. The molecule has 0 bridgehead atoms. The van der Waals surface area contributed by atoms with E-state index in [9.17, 15) is 0 Å². The van der Waals surface area contributed by atoms with Gasteiger partial charge < -0.3 is 0 Å². The summed E-state index contributed by atoms with van der Waals surface area (Å²) in [6.07, 6.45) is 6.87. The normalized spacial score (nSPS) is 17.6. The number of alkyl halides is 1. The minimum Gasteiger partial charge on any atom is -0.113 e. The molecule has 2 aromatic rings. The molecule has 21 heavy (non-hydrogen) atoms. The minimum atomic E-state index is -0.0554. The highest BCUT2D eigenvalue weighted by Gasteiger charge is 2.16. The average molecular weight is 411 g/mol. The van der Waals surface area contributed by atoms with Crippen LogP contribution in [0.15, 0.2) is 48.5 Å². The summed E-state index contributed by atoms with van der Waals surface area (Å²) < 4.78 is 1.23. The summed E-state index contributed by atoms with van der Waals surface area (Å²) in [4.78, 5) is 0. The molecule has 1 unspecified atom stereocenters. The van der Waals surface area contributed by atoms with Gasteiger partial charge in [-0.1, -0.05) is 55.7 Å². The number of rotatable bonds is 3. The van der Waals surface area contributed by atoms with E-state index in [0.717, 1.165) is 5.92 Å². The fourth-order valence-electron chi connectivity index (χ4n) is 3.23. The predicted molar refractivity (Wildman–Crippen MR) is 99.1 cm³/mol. The molecule has 1 aliphatic rings. The first-order valence-corrected chi connectivity index (χ1v) is 9.25. The van der Waals surface area contributed by atoms with Gasteiger partial charge in [0.2, 0.25) is 0 Å². The zero-order valence-electron chi connectivity index (χ0n) is 12.1. The van der Waals surface area contributed by atoms with Crippen LogP contribution in [0.25, 0.3) is 0 Å². The van der Waals surface area contributed by atoms with Gasteiger partial charge in [-0.05, 0) is 70.2 Å². The Morgan fingerprint density at radius 3 is 2.29 bits per heavy atom. The van der Waals surface area contributed by atoms with E-state index in [1.54, 1.807) is 0 Å². The van der Waals surface area contributed by atoms with Gasteiger partial charge in [-0.25, -0.2) is 0 Å². The van der Waals surface area contributed by atoms with Crippen molar-refractivity contribution in [3.63, 3.8) is 0 Å². The number of halogens is 2. The average Bonchev–Trinajstić information content (AvgIpc) is 2.55. The topological polar surface area (TPSA) is 0 Å². The third-order valence-electron chi connectivity index (χ3n) is 4.45. The Labute approximate surface area is 146 Å². The SMILES string of the molecule is ClC(c1ccc(C2CCCCC2)cc1)c1cccc(I)c1. The summed E-state index contributed by atoms with van der Waals surface area (Å²) in [5.74, 6) is 0.763. The van der Waals surface area contributed by atoms with Gasteiger partial charge in [0.05, 0.1) is 5.38 Å². The zero-order chi connectivity index (χ0) is 14.7. The van der Waals surface area contributed by atoms with E-state index in [1.165, 1.54) is 52.4 Å². The van der Waals surface area contributed by atoms with Crippen molar-refractivity contribution in [1.29, 1.82) is 0 Å². The summed E-state index contributed by atoms with van der Waals surface area (Å²) in [6.45, 7) is 0. The molecule has 3 rings (SSSR count). The van der Waals surface area contributed by atoms with Crippen LogP contribution >= 0.6 is 34.2 Å². The maximum atomic E-state index is 6.64. The van der Waals surface area contributed by atoms with Gasteiger partial charge in [0.1, 0.15) is 0 Å². The van der Waals surface area contributed by atoms with Crippen molar-refractivity contribution in [1.82, 2.24) is 0 Å². The molecule has 1 aliphatic carbocycles. The van der Waals surface area contributed by atoms with E-state index in [0.29, 0.717) is 0 Å². The monoisotopic (exact) mass is 410 g/mol. The highest BCUT2D eigenvalue weighted by atomic mass is 127. The summed E-state index contributed by atoms with van der Waals surface area (Å²) in [6, 6.07) is 17.4. The van der Waals surface area contributed by atoms with E-state index in [2.05, 4.69) is 71.1 Å². The fraction of sp³-hybridized carbons (Fsp3) is 0.368. The summed E-state index contributed by atoms with van der Waals surface area (Å²) in [5.41, 5.74) is 3.86. The lowest BCUT2D eigenvalue weighted by Gasteiger charge is -2.22. The van der Waals surface area contributed by atoms with Crippen LogP contribution in [0.4, 0.5) is 0 Å². The Bertz CT molecular complexity index is 585. The molecule has 2 aromatic carbocycles. The molecule has 0 spiro atoms. The molecular formula is C19H20ClI. The van der Waals surface area contributed by atoms with Crippen molar-refractivity contribution in [3.05, 3.63) is 68.8 Å². The van der Waals surface area contributed by atoms with E-state index in [4.69, 9.17) is 11.6 Å². The zero-order valence-corrected chi connectivity index (χ0v) is 15.0. The van der Waals surface area contributed by atoms with Crippen LogP contribution in [0.5, 0.6) is 0 Å². The van der Waals surface area contributed by atoms with Gasteiger partial charge in [-0.2, -0.15) is 0 Å². The van der Waals surface area contributed by atoms with E-state index < -0.39 is 0 Å². The van der Waals surface area contributed by atoms with Gasteiger partial charge in [0.15, 0.2) is 0 Å². The number of hydrogen-bond acceptors (Lipinski definition) is 0. The fourth-order valence-corrected chi connectivity index (χ4v) is 4.08. The van der Waals surface area contributed by atoms with Crippen LogP contribution in [0.2, 0.25) is 0 Å². The molecule has 0 N–H and O–H groups in total. The Morgan fingerprint density at radius 2 is 1.62 bits per heavy atom. The molecule has 0 aliphatic heterocycles. The van der Waals surface area contributed by atoms with Gasteiger partial charge in [0, 0.05) is 3.57 Å². The first-order chi connectivity index (χ1) is 10.2. The van der Waals surface area contributed by atoms with Crippen molar-refractivity contribution in [2.75, 3.05) is 0 Å². The van der Waals surface area contributed by atoms with E-state index >= 15 is 0 Å². The number of benzene rings is 2. The van der Waals surface area contributed by atoms with Crippen molar-refractivity contribution in [2.45, 2.75) is 43.4 Å². The van der Waals surface area contributed by atoms with Crippen LogP contribution in [0.3, 0.4) is 0 Å². The maximum Gasteiger partial charge on any atom is 0.0835 e. The quantitative estimate of drug-likeness (QED) is 0.392. The van der Waals surface area contributed by atoms with E-state index in [1.807, 2.05) is 0 Å². The summed E-state index contributed by atoms with van der Waals surface area (Å²) in [5, 5.41) is -0.0554. The number of hydrogen-bond donors (Lipinski definition) is 0. The smallest absolute Gasteiger partial charge is 0.0835 e. The van der Waals surface area contributed by atoms with Crippen molar-refractivity contribution in [2.24, 2.45) is 0 Å². The van der Waals surface area contributed by atoms with Crippen LogP contribution in [-0.4, -0.2) is 0 Å². The molecule has 1 saturated carbocycles. The molecule has 0 nitrogen and oxygen atoms in total. The molecule has 1 atom stereocenters. The highest BCUT2D eigenvalue weighted by molar-refractivity contribution is 14.1. The van der Waals surface area contributed by atoms with Crippen LogP contribution in [-0.2, 0) is 0 Å². The highest BCUT2D eigenvalue weighted by Crippen LogP contribution is 2.35. The Balaban J connectivity index is 1.77. The Morgan fingerprint density at radius 1 is 0.905 bits per heavy atom. The van der Waals surface area contributed by atoms with Gasteiger partial charge in [-0.15, -0.1) is 11.6 Å². The maximum absolute atomic E-state index is 6.64. The molecular weight excluding hydrogens is 391 g/mol. The lowest BCUT2D eigenvalue weighted by Crippen LogP contribution is -2.04. The molecule has 110 valence electrons. The predicted octanol–water partition coefficient (Wildman–Crippen LogP) is 6.67. The van der Waals surface area contributed by atoms with Crippen molar-refractivity contribution >= 4 is 34.2 Å². The Kier molecular flexibility index (Phi) is 5.23. The van der Waals surface area contributed by atoms with Crippen molar-refractivity contribution in [3.8, 4) is 0 Å². The largest absolute Gasteiger partial charge is 0.113 e. The van der Waals surface area contributed by atoms with Crippen LogP contribution in [0.1, 0.15) is 60.1 Å². The third kappa shape index (κ3) is 3.81. The summed E-state index contributed by atoms with van der Waals surface area (Å²) in [7, 11) is 0. The molecule has 0 heterocycles. The van der Waals surface area contributed by atoms with Gasteiger partial charge >= 0.3 is 0 Å². The second-order valence-corrected chi connectivity index (χ2v) is 7.60. The van der Waals surface area contributed by atoms with Crippen molar-refractivity contribution < 1.29 is 0 Å². The molecule has 2 heteroatoms.